The standard InChI is InChI=1S/C29H25ClN2O4S/c1-4-12-36-21-7-5-6-19(15-21)26(33)23-25(18-8-10-20(30)11-9-18)32(28(35)27(23)34)29-31-24-17(3)13-16(2)14-22(24)37-29/h5-11,13-15,25,33H,4,12H2,1-3H3/b26-23+. The van der Waals surface area contributed by atoms with Gasteiger partial charge in [0.1, 0.15) is 11.5 Å². The summed E-state index contributed by atoms with van der Waals surface area (Å²) >= 11 is 7.48. The van der Waals surface area contributed by atoms with Crippen LogP contribution in [0.1, 0.15) is 41.6 Å². The average molecular weight is 533 g/mol. The number of carbonyl (C=O) groups excluding carboxylic acids is 2. The summed E-state index contributed by atoms with van der Waals surface area (Å²) in [5.74, 6) is -1.21. The summed E-state index contributed by atoms with van der Waals surface area (Å²) in [5, 5.41) is 12.3. The Hall–Kier alpha value is -3.68. The molecule has 0 saturated carbocycles. The zero-order chi connectivity index (χ0) is 26.3. The van der Waals surface area contributed by atoms with Crippen LogP contribution in [-0.2, 0) is 9.59 Å². The number of halogens is 1. The van der Waals surface area contributed by atoms with E-state index in [1.165, 1.54) is 16.2 Å². The van der Waals surface area contributed by atoms with Crippen molar-refractivity contribution >= 4 is 55.7 Å². The summed E-state index contributed by atoms with van der Waals surface area (Å²) in [6.07, 6.45) is 0.832. The van der Waals surface area contributed by atoms with Gasteiger partial charge in [-0.05, 0) is 67.3 Å². The summed E-state index contributed by atoms with van der Waals surface area (Å²) in [5.41, 5.74) is 3.87. The minimum atomic E-state index is -0.876. The molecule has 3 aromatic carbocycles. The first-order valence-electron chi connectivity index (χ1n) is 12.0. The number of hydrogen-bond donors (Lipinski definition) is 1. The van der Waals surface area contributed by atoms with Gasteiger partial charge in [0.2, 0.25) is 0 Å². The molecule has 188 valence electrons. The molecule has 0 spiro atoms. The molecule has 0 radical (unpaired) electrons. The second-order valence-corrected chi connectivity index (χ2v) is 10.5. The fraction of sp³-hybridized carbons (Fsp3) is 0.207. The Morgan fingerprint density at radius 2 is 1.86 bits per heavy atom. The molecule has 1 aliphatic heterocycles. The molecule has 2 heterocycles. The number of anilines is 1. The second-order valence-electron chi connectivity index (χ2n) is 9.02. The van der Waals surface area contributed by atoms with Gasteiger partial charge in [-0.1, -0.05) is 60.2 Å². The van der Waals surface area contributed by atoms with Crippen LogP contribution >= 0.6 is 22.9 Å². The highest BCUT2D eigenvalue weighted by Crippen LogP contribution is 2.45. The van der Waals surface area contributed by atoms with E-state index in [-0.39, 0.29) is 11.3 Å². The number of ether oxygens (including phenoxy) is 1. The molecule has 0 aliphatic carbocycles. The van der Waals surface area contributed by atoms with Gasteiger partial charge in [-0.3, -0.25) is 14.5 Å². The monoisotopic (exact) mass is 532 g/mol. The van der Waals surface area contributed by atoms with E-state index in [1.807, 2.05) is 32.9 Å². The molecule has 1 aromatic heterocycles. The topological polar surface area (TPSA) is 79.7 Å². The average Bonchev–Trinajstić information content (AvgIpc) is 3.41. The number of aryl methyl sites for hydroxylation is 2. The fourth-order valence-electron chi connectivity index (χ4n) is 4.56. The van der Waals surface area contributed by atoms with Crippen molar-refractivity contribution in [3.05, 3.63) is 93.5 Å². The molecule has 1 saturated heterocycles. The van der Waals surface area contributed by atoms with Crippen LogP contribution in [0.4, 0.5) is 5.13 Å². The summed E-state index contributed by atoms with van der Waals surface area (Å²) in [6, 6.07) is 16.9. The Balaban J connectivity index is 1.69. The van der Waals surface area contributed by atoms with E-state index in [9.17, 15) is 14.7 Å². The molecule has 1 amide bonds. The SMILES string of the molecule is CCCOc1cccc(/C(O)=C2\C(=O)C(=O)N(c3nc4c(C)cc(C)cc4s3)C2c2ccc(Cl)cc2)c1. The van der Waals surface area contributed by atoms with Crippen molar-refractivity contribution < 1.29 is 19.4 Å². The molecule has 1 atom stereocenters. The minimum Gasteiger partial charge on any atom is -0.507 e. The van der Waals surface area contributed by atoms with Crippen molar-refractivity contribution in [2.45, 2.75) is 33.2 Å². The van der Waals surface area contributed by atoms with Crippen LogP contribution < -0.4 is 9.64 Å². The van der Waals surface area contributed by atoms with Crippen LogP contribution in [0.15, 0.2) is 66.2 Å². The Morgan fingerprint density at radius 1 is 1.11 bits per heavy atom. The third kappa shape index (κ3) is 4.61. The van der Waals surface area contributed by atoms with Crippen molar-refractivity contribution in [3.63, 3.8) is 0 Å². The van der Waals surface area contributed by atoms with Crippen LogP contribution in [0.2, 0.25) is 5.02 Å². The van der Waals surface area contributed by atoms with Crippen molar-refractivity contribution in [1.82, 2.24) is 4.98 Å². The molecular weight excluding hydrogens is 508 g/mol. The number of aliphatic hydroxyl groups is 1. The first-order chi connectivity index (χ1) is 17.8. The lowest BCUT2D eigenvalue weighted by molar-refractivity contribution is -0.132. The van der Waals surface area contributed by atoms with Crippen LogP contribution in [0.3, 0.4) is 0 Å². The highest BCUT2D eigenvalue weighted by molar-refractivity contribution is 7.22. The number of benzene rings is 3. The van der Waals surface area contributed by atoms with Gasteiger partial charge in [0, 0.05) is 10.6 Å². The van der Waals surface area contributed by atoms with E-state index in [4.69, 9.17) is 21.3 Å². The highest BCUT2D eigenvalue weighted by Gasteiger charge is 2.48. The van der Waals surface area contributed by atoms with Gasteiger partial charge in [-0.15, -0.1) is 0 Å². The zero-order valence-corrected chi connectivity index (χ0v) is 22.2. The lowest BCUT2D eigenvalue weighted by Crippen LogP contribution is -2.29. The highest BCUT2D eigenvalue weighted by atomic mass is 35.5. The maximum absolute atomic E-state index is 13.5. The first kappa shape index (κ1) is 25.0. The van der Waals surface area contributed by atoms with E-state index in [2.05, 4.69) is 0 Å². The third-order valence-corrected chi connectivity index (χ3v) is 7.49. The van der Waals surface area contributed by atoms with Gasteiger partial charge >= 0.3 is 5.91 Å². The van der Waals surface area contributed by atoms with E-state index in [0.717, 1.165) is 27.8 Å². The normalized spacial score (nSPS) is 17.1. The smallest absolute Gasteiger partial charge is 0.301 e. The van der Waals surface area contributed by atoms with Crippen molar-refractivity contribution in [2.75, 3.05) is 11.5 Å². The molecule has 0 bridgehead atoms. The number of aromatic nitrogens is 1. The number of fused-ring (bicyclic) bond motifs is 1. The van der Waals surface area contributed by atoms with Crippen LogP contribution in [0, 0.1) is 13.8 Å². The number of ketones is 1. The summed E-state index contributed by atoms with van der Waals surface area (Å²) in [7, 11) is 0. The number of aliphatic hydroxyl groups excluding tert-OH is 1. The molecule has 37 heavy (non-hydrogen) atoms. The Morgan fingerprint density at radius 3 is 2.59 bits per heavy atom. The summed E-state index contributed by atoms with van der Waals surface area (Å²) < 4.78 is 6.63. The van der Waals surface area contributed by atoms with E-state index >= 15 is 0 Å². The lowest BCUT2D eigenvalue weighted by Gasteiger charge is -2.23. The summed E-state index contributed by atoms with van der Waals surface area (Å²) in [4.78, 5) is 33.1. The molecule has 1 fully saturated rings. The second kappa shape index (κ2) is 10.00. The number of rotatable bonds is 6. The molecule has 1 aliphatic rings. The van der Waals surface area contributed by atoms with Gasteiger partial charge in [0.15, 0.2) is 5.13 Å². The van der Waals surface area contributed by atoms with E-state index < -0.39 is 17.7 Å². The van der Waals surface area contributed by atoms with Crippen LogP contribution in [0.5, 0.6) is 5.75 Å². The molecule has 1 unspecified atom stereocenters. The van der Waals surface area contributed by atoms with Crippen LogP contribution in [0.25, 0.3) is 16.0 Å². The largest absolute Gasteiger partial charge is 0.507 e. The molecule has 5 rings (SSSR count). The lowest BCUT2D eigenvalue weighted by atomic mass is 9.95. The Kier molecular flexibility index (Phi) is 6.75. The van der Waals surface area contributed by atoms with Crippen LogP contribution in [-0.4, -0.2) is 28.4 Å². The number of thiazole rings is 1. The Labute approximate surface area is 223 Å². The third-order valence-electron chi connectivity index (χ3n) is 6.24. The van der Waals surface area contributed by atoms with Gasteiger partial charge in [0.05, 0.1) is 28.4 Å². The minimum absolute atomic E-state index is 0.00729. The Bertz CT molecular complexity index is 1560. The number of nitrogens with zero attached hydrogens (tertiary/aromatic N) is 2. The predicted octanol–water partition coefficient (Wildman–Crippen LogP) is 6.98. The summed E-state index contributed by atoms with van der Waals surface area (Å²) in [6.45, 7) is 6.50. The van der Waals surface area contributed by atoms with Gasteiger partial charge in [-0.2, -0.15) is 0 Å². The van der Waals surface area contributed by atoms with Crippen molar-refractivity contribution in [1.29, 1.82) is 0 Å². The zero-order valence-electron chi connectivity index (χ0n) is 20.6. The number of Topliss-reactive ketones (excluding diaryl/α,β-unsaturated/α-hetero) is 1. The molecular formula is C29H25ClN2O4S. The number of carbonyl (C=O) groups is 2. The van der Waals surface area contributed by atoms with Gasteiger partial charge in [-0.25, -0.2) is 4.98 Å². The van der Waals surface area contributed by atoms with Crippen molar-refractivity contribution in [2.24, 2.45) is 0 Å². The first-order valence-corrected chi connectivity index (χ1v) is 13.2. The maximum Gasteiger partial charge on any atom is 0.301 e. The number of amides is 1. The predicted molar refractivity (Wildman–Crippen MR) is 148 cm³/mol. The molecule has 8 heteroatoms. The van der Waals surface area contributed by atoms with Gasteiger partial charge < -0.3 is 9.84 Å². The molecule has 6 nitrogen and oxygen atoms in total. The van der Waals surface area contributed by atoms with Crippen molar-refractivity contribution in [3.8, 4) is 5.75 Å². The quantitative estimate of drug-likeness (QED) is 0.164. The molecule has 1 N–H and O–H groups in total. The number of hydrogen-bond acceptors (Lipinski definition) is 6. The molecule has 4 aromatic rings. The van der Waals surface area contributed by atoms with E-state index in [1.54, 1.807) is 48.5 Å². The van der Waals surface area contributed by atoms with E-state index in [0.29, 0.717) is 33.6 Å². The fourth-order valence-corrected chi connectivity index (χ4v) is 5.86. The maximum atomic E-state index is 13.5. The van der Waals surface area contributed by atoms with Gasteiger partial charge in [0.25, 0.3) is 5.78 Å².